The molecule has 1 aromatic heterocycles. The zero-order valence-corrected chi connectivity index (χ0v) is 15.7. The number of amides is 1. The Kier molecular flexibility index (Phi) is 6.21. The minimum absolute atomic E-state index is 0.0443. The number of hydrogen-bond donors (Lipinski definition) is 1. The second kappa shape index (κ2) is 8.98. The fourth-order valence-electron chi connectivity index (χ4n) is 2.52. The van der Waals surface area contributed by atoms with Gasteiger partial charge in [-0.05, 0) is 62.4 Å². The van der Waals surface area contributed by atoms with Gasteiger partial charge in [0, 0.05) is 0 Å². The number of nitrogens with one attached hydrogen (secondary N) is 1. The molecule has 0 bridgehead atoms. The number of rotatable bonds is 8. The second-order valence-corrected chi connectivity index (χ2v) is 5.88. The van der Waals surface area contributed by atoms with Crippen LogP contribution in [0, 0.1) is 12.7 Å². The highest BCUT2D eigenvalue weighted by Gasteiger charge is 2.15. The number of ether oxygens (including phenoxy) is 2. The van der Waals surface area contributed by atoms with Crippen LogP contribution in [0.25, 0.3) is 5.69 Å². The number of hydrogen-bond acceptors (Lipinski definition) is 5. The molecule has 0 radical (unpaired) electrons. The lowest BCUT2D eigenvalue weighted by atomic mass is 10.3. The lowest BCUT2D eigenvalue weighted by Crippen LogP contribution is -2.29. The van der Waals surface area contributed by atoms with Crippen molar-refractivity contribution in [3.63, 3.8) is 0 Å². The Balaban J connectivity index is 1.51. The maximum absolute atomic E-state index is 13.1. The summed E-state index contributed by atoms with van der Waals surface area (Å²) in [7, 11) is 0. The molecule has 0 unspecified atom stereocenters. The first-order chi connectivity index (χ1) is 13.6. The first-order valence-corrected chi connectivity index (χ1v) is 8.90. The average Bonchev–Trinajstić information content (AvgIpc) is 3.09. The molecule has 7 nitrogen and oxygen atoms in total. The van der Waals surface area contributed by atoms with E-state index in [1.165, 1.54) is 16.8 Å². The Morgan fingerprint density at radius 3 is 2.36 bits per heavy atom. The molecule has 146 valence electrons. The first-order valence-electron chi connectivity index (χ1n) is 8.90. The van der Waals surface area contributed by atoms with Gasteiger partial charge in [0.25, 0.3) is 5.91 Å². The summed E-state index contributed by atoms with van der Waals surface area (Å²) in [5, 5.41) is 6.91. The number of aromatic nitrogens is 3. The van der Waals surface area contributed by atoms with Gasteiger partial charge in [0.2, 0.25) is 5.82 Å². The molecule has 3 rings (SSSR count). The van der Waals surface area contributed by atoms with E-state index in [9.17, 15) is 9.18 Å². The summed E-state index contributed by atoms with van der Waals surface area (Å²) in [5.74, 6) is 1.30. The van der Waals surface area contributed by atoms with Crippen LogP contribution in [0.5, 0.6) is 11.5 Å². The van der Waals surface area contributed by atoms with Crippen LogP contribution in [0.2, 0.25) is 0 Å². The fraction of sp³-hybridized carbons (Fsp3) is 0.250. The largest absolute Gasteiger partial charge is 0.494 e. The van der Waals surface area contributed by atoms with Gasteiger partial charge in [0.15, 0.2) is 0 Å². The van der Waals surface area contributed by atoms with Gasteiger partial charge in [-0.25, -0.2) is 14.1 Å². The van der Waals surface area contributed by atoms with Gasteiger partial charge >= 0.3 is 0 Å². The van der Waals surface area contributed by atoms with E-state index in [-0.39, 0.29) is 11.6 Å². The van der Waals surface area contributed by atoms with E-state index in [4.69, 9.17) is 9.47 Å². The van der Waals surface area contributed by atoms with Gasteiger partial charge in [-0.3, -0.25) is 4.79 Å². The molecule has 0 spiro atoms. The molecule has 0 aliphatic rings. The van der Waals surface area contributed by atoms with Gasteiger partial charge in [-0.2, -0.15) is 0 Å². The van der Waals surface area contributed by atoms with Gasteiger partial charge in [0.05, 0.1) is 18.8 Å². The van der Waals surface area contributed by atoms with Gasteiger partial charge in [-0.1, -0.05) is 0 Å². The van der Waals surface area contributed by atoms with Crippen molar-refractivity contribution >= 4 is 5.91 Å². The third kappa shape index (κ3) is 4.85. The quantitative estimate of drug-likeness (QED) is 0.604. The highest BCUT2D eigenvalue weighted by atomic mass is 19.1. The minimum Gasteiger partial charge on any atom is -0.494 e. The SMILES string of the molecule is CCOc1ccc(OCCNC(=O)c2nc(C)n(-c3ccc(F)cc3)n2)cc1. The molecule has 0 atom stereocenters. The van der Waals surface area contributed by atoms with Crippen LogP contribution in [-0.2, 0) is 0 Å². The molecular formula is C20H21FN4O3. The van der Waals surface area contributed by atoms with Crippen molar-refractivity contribution in [1.82, 2.24) is 20.1 Å². The van der Waals surface area contributed by atoms with E-state index in [1.54, 1.807) is 19.1 Å². The van der Waals surface area contributed by atoms with E-state index >= 15 is 0 Å². The Hall–Kier alpha value is -3.42. The van der Waals surface area contributed by atoms with Crippen LogP contribution in [0.15, 0.2) is 48.5 Å². The van der Waals surface area contributed by atoms with Crippen molar-refractivity contribution in [2.45, 2.75) is 13.8 Å². The number of carbonyl (C=O) groups excluding carboxylic acids is 1. The van der Waals surface area contributed by atoms with Gasteiger partial charge in [0.1, 0.15) is 29.7 Å². The zero-order valence-electron chi connectivity index (χ0n) is 15.7. The van der Waals surface area contributed by atoms with Crippen molar-refractivity contribution in [3.05, 3.63) is 66.0 Å². The molecule has 1 heterocycles. The van der Waals surface area contributed by atoms with E-state index in [0.29, 0.717) is 37.0 Å². The molecule has 8 heteroatoms. The molecule has 0 fully saturated rings. The van der Waals surface area contributed by atoms with Crippen LogP contribution in [-0.4, -0.2) is 40.4 Å². The fourth-order valence-corrected chi connectivity index (χ4v) is 2.52. The Morgan fingerprint density at radius 2 is 1.71 bits per heavy atom. The van der Waals surface area contributed by atoms with Crippen LogP contribution < -0.4 is 14.8 Å². The van der Waals surface area contributed by atoms with Crippen molar-refractivity contribution in [2.24, 2.45) is 0 Å². The smallest absolute Gasteiger partial charge is 0.291 e. The third-order valence-electron chi connectivity index (χ3n) is 3.83. The Morgan fingerprint density at radius 1 is 1.07 bits per heavy atom. The molecule has 0 aliphatic heterocycles. The zero-order chi connectivity index (χ0) is 19.9. The summed E-state index contributed by atoms with van der Waals surface area (Å²) in [6.07, 6.45) is 0. The summed E-state index contributed by atoms with van der Waals surface area (Å²) in [5.41, 5.74) is 0.629. The predicted octanol–water partition coefficient (Wildman–Crippen LogP) is 2.92. The summed E-state index contributed by atoms with van der Waals surface area (Å²) in [6, 6.07) is 13.1. The van der Waals surface area contributed by atoms with E-state index in [2.05, 4.69) is 15.4 Å². The monoisotopic (exact) mass is 384 g/mol. The predicted molar refractivity (Wildman–Crippen MR) is 101 cm³/mol. The van der Waals surface area contributed by atoms with Crippen LogP contribution in [0.3, 0.4) is 0 Å². The molecule has 0 aliphatic carbocycles. The summed E-state index contributed by atoms with van der Waals surface area (Å²) < 4.78 is 25.5. The van der Waals surface area contributed by atoms with Crippen molar-refractivity contribution < 1.29 is 18.7 Å². The molecule has 1 amide bonds. The Bertz CT molecular complexity index is 924. The van der Waals surface area contributed by atoms with E-state index in [0.717, 1.165) is 5.75 Å². The van der Waals surface area contributed by atoms with Crippen molar-refractivity contribution in [2.75, 3.05) is 19.8 Å². The molecular weight excluding hydrogens is 363 g/mol. The topological polar surface area (TPSA) is 78.3 Å². The van der Waals surface area contributed by atoms with Crippen molar-refractivity contribution in [1.29, 1.82) is 0 Å². The lowest BCUT2D eigenvalue weighted by molar-refractivity contribution is 0.0936. The van der Waals surface area contributed by atoms with Crippen LogP contribution in [0.4, 0.5) is 4.39 Å². The number of aryl methyl sites for hydroxylation is 1. The first kappa shape index (κ1) is 19.3. The van der Waals surface area contributed by atoms with Gasteiger partial charge < -0.3 is 14.8 Å². The number of nitrogens with zero attached hydrogens (tertiary/aromatic N) is 3. The highest BCUT2D eigenvalue weighted by molar-refractivity contribution is 5.90. The lowest BCUT2D eigenvalue weighted by Gasteiger charge is -2.08. The second-order valence-electron chi connectivity index (χ2n) is 5.88. The number of benzene rings is 2. The molecule has 3 aromatic rings. The number of halogens is 1. The summed E-state index contributed by atoms with van der Waals surface area (Å²) in [6.45, 7) is 4.86. The standard InChI is InChI=1S/C20H21FN4O3/c1-3-27-17-8-10-18(11-9-17)28-13-12-22-20(26)19-23-14(2)25(24-19)16-6-4-15(21)5-7-16/h4-11H,3,12-13H2,1-2H3,(H,22,26). The number of carbonyl (C=O) groups is 1. The molecule has 0 saturated carbocycles. The Labute approximate surface area is 162 Å². The highest BCUT2D eigenvalue weighted by Crippen LogP contribution is 2.17. The van der Waals surface area contributed by atoms with Crippen LogP contribution in [0.1, 0.15) is 23.4 Å². The minimum atomic E-state index is -0.403. The molecule has 2 aromatic carbocycles. The maximum Gasteiger partial charge on any atom is 0.291 e. The van der Waals surface area contributed by atoms with Gasteiger partial charge in [-0.15, -0.1) is 5.10 Å². The molecule has 28 heavy (non-hydrogen) atoms. The normalized spacial score (nSPS) is 10.5. The van der Waals surface area contributed by atoms with E-state index in [1.807, 2.05) is 31.2 Å². The van der Waals surface area contributed by atoms with Crippen LogP contribution >= 0.6 is 0 Å². The summed E-state index contributed by atoms with van der Waals surface area (Å²) in [4.78, 5) is 16.4. The third-order valence-corrected chi connectivity index (χ3v) is 3.83. The molecule has 1 N–H and O–H groups in total. The average molecular weight is 384 g/mol. The summed E-state index contributed by atoms with van der Waals surface area (Å²) >= 11 is 0. The van der Waals surface area contributed by atoms with E-state index < -0.39 is 5.91 Å². The maximum atomic E-state index is 13.1. The van der Waals surface area contributed by atoms with Crippen molar-refractivity contribution in [3.8, 4) is 17.2 Å². The molecule has 0 saturated heterocycles.